The molecule has 0 saturated heterocycles. The number of hydrogen-bond acceptors (Lipinski definition) is 3. The number of alkyl halides is 1. The molecule has 0 radical (unpaired) electrons. The Bertz CT molecular complexity index is 823. The normalized spacial score (nSPS) is 17.1. The van der Waals surface area contributed by atoms with E-state index >= 15 is 0 Å². The number of hydrogen-bond donors (Lipinski definition) is 0. The summed E-state index contributed by atoms with van der Waals surface area (Å²) in [6.45, 7) is 6.10. The first kappa shape index (κ1) is 20.8. The molecule has 2 rings (SSSR count). The maximum Gasteiger partial charge on any atom is 0.419 e. The molecule has 0 aliphatic carbocycles. The van der Waals surface area contributed by atoms with Crippen molar-refractivity contribution in [3.05, 3.63) is 59.1 Å². The highest BCUT2D eigenvalue weighted by Gasteiger charge is 2.34. The highest BCUT2D eigenvalue weighted by atomic mass is 79.9. The van der Waals surface area contributed by atoms with Crippen LogP contribution in [0, 0.1) is 0 Å². The fourth-order valence-corrected chi connectivity index (χ4v) is 3.12. The second kappa shape index (κ2) is 8.94. The van der Waals surface area contributed by atoms with Crippen molar-refractivity contribution in [3.8, 4) is 0 Å². The number of carbonyl (C=O) groups is 2. The molecule has 0 bridgehead atoms. The van der Waals surface area contributed by atoms with Gasteiger partial charge < -0.3 is 9.64 Å². The molecule has 1 aromatic rings. The summed E-state index contributed by atoms with van der Waals surface area (Å²) in [5.41, 5.74) is 1.09. The van der Waals surface area contributed by atoms with Gasteiger partial charge in [-0.3, -0.25) is 9.69 Å². The molecule has 0 spiro atoms. The van der Waals surface area contributed by atoms with E-state index in [1.807, 2.05) is 6.92 Å². The van der Waals surface area contributed by atoms with Gasteiger partial charge in [-0.15, -0.1) is 0 Å². The Labute approximate surface area is 164 Å². The van der Waals surface area contributed by atoms with E-state index in [-0.39, 0.29) is 24.3 Å². The van der Waals surface area contributed by atoms with Gasteiger partial charge in [-0.25, -0.2) is 13.6 Å². The Morgan fingerprint density at radius 2 is 2.07 bits per heavy atom. The van der Waals surface area contributed by atoms with Gasteiger partial charge in [0.1, 0.15) is 18.3 Å². The van der Waals surface area contributed by atoms with Gasteiger partial charge in [0.25, 0.3) is 0 Å². The first-order valence-corrected chi connectivity index (χ1v) is 8.91. The van der Waals surface area contributed by atoms with E-state index in [0.717, 1.165) is 22.7 Å². The van der Waals surface area contributed by atoms with E-state index in [2.05, 4.69) is 22.5 Å². The van der Waals surface area contributed by atoms with Crippen molar-refractivity contribution in [2.24, 2.45) is 0 Å². The topological polar surface area (TPSA) is 49.9 Å². The van der Waals surface area contributed by atoms with Crippen LogP contribution in [0.2, 0.25) is 0 Å². The lowest BCUT2D eigenvalue weighted by molar-refractivity contribution is -0.117. The van der Waals surface area contributed by atoms with E-state index in [1.54, 1.807) is 23.1 Å². The number of ether oxygens (including phenoxy) is 1. The van der Waals surface area contributed by atoms with E-state index in [4.69, 9.17) is 4.74 Å². The lowest BCUT2D eigenvalue weighted by Gasteiger charge is -2.40. The molecule has 0 aromatic heterocycles. The zero-order valence-corrected chi connectivity index (χ0v) is 16.5. The van der Waals surface area contributed by atoms with E-state index < -0.39 is 18.6 Å². The van der Waals surface area contributed by atoms with Crippen molar-refractivity contribution < 1.29 is 23.1 Å². The SMILES string of the molecule is C=C(/C=C\C(F)=C/CF)OC(=O)N1C[C@H](C)N(C(C)=O)c2ccc(Br)cc21. The zero-order chi connectivity index (χ0) is 20.1. The van der Waals surface area contributed by atoms with Crippen LogP contribution in [0.15, 0.2) is 59.1 Å². The Balaban J connectivity index is 2.25. The minimum Gasteiger partial charge on any atom is -0.411 e. The van der Waals surface area contributed by atoms with Crippen molar-refractivity contribution in [2.75, 3.05) is 23.0 Å². The van der Waals surface area contributed by atoms with E-state index in [9.17, 15) is 18.4 Å². The van der Waals surface area contributed by atoms with Gasteiger partial charge in [-0.05, 0) is 43.4 Å². The van der Waals surface area contributed by atoms with Crippen molar-refractivity contribution in [1.82, 2.24) is 0 Å². The number of anilines is 2. The minimum atomic E-state index is -0.938. The monoisotopic (exact) mass is 440 g/mol. The van der Waals surface area contributed by atoms with Gasteiger partial charge in [-0.2, -0.15) is 0 Å². The Hall–Kier alpha value is -2.48. The van der Waals surface area contributed by atoms with Crippen LogP contribution in [-0.2, 0) is 9.53 Å². The number of benzene rings is 1. The van der Waals surface area contributed by atoms with Crippen LogP contribution in [0.25, 0.3) is 0 Å². The Morgan fingerprint density at radius 3 is 2.70 bits per heavy atom. The second-order valence-electron chi connectivity index (χ2n) is 5.89. The number of amides is 2. The first-order valence-electron chi connectivity index (χ1n) is 8.12. The highest BCUT2D eigenvalue weighted by Crippen LogP contribution is 2.38. The molecular weight excluding hydrogens is 422 g/mol. The molecule has 8 heteroatoms. The molecule has 0 fully saturated rings. The number of nitrogens with zero attached hydrogens (tertiary/aromatic N) is 2. The lowest BCUT2D eigenvalue weighted by atomic mass is 10.1. The standard InChI is InChI=1S/C19H19BrF2N2O3/c1-12-11-23(19(26)27-13(2)4-6-16(22)8-9-21)18-10-15(20)5-7-17(18)24(12)14(3)25/h4-8,10,12H,2,9,11H2,1,3H3/b6-4-,16-8+/t12-/m0/s1. The molecule has 1 aromatic carbocycles. The number of rotatable bonds is 4. The summed E-state index contributed by atoms with van der Waals surface area (Å²) in [4.78, 5) is 27.6. The second-order valence-corrected chi connectivity index (χ2v) is 6.81. The summed E-state index contributed by atoms with van der Waals surface area (Å²) in [5.74, 6) is -1.03. The van der Waals surface area contributed by atoms with Gasteiger partial charge in [0, 0.05) is 17.9 Å². The Kier molecular flexibility index (Phi) is 6.90. The average molecular weight is 441 g/mol. The van der Waals surface area contributed by atoms with Gasteiger partial charge in [-0.1, -0.05) is 22.5 Å². The molecule has 1 aliphatic rings. The maximum atomic E-state index is 13.2. The van der Waals surface area contributed by atoms with E-state index in [1.165, 1.54) is 11.8 Å². The number of carbonyl (C=O) groups excluding carboxylic acids is 2. The van der Waals surface area contributed by atoms with Crippen molar-refractivity contribution in [2.45, 2.75) is 19.9 Å². The van der Waals surface area contributed by atoms with Gasteiger partial charge in [0.15, 0.2) is 0 Å². The van der Waals surface area contributed by atoms with Crippen molar-refractivity contribution in [1.29, 1.82) is 0 Å². The predicted molar refractivity (Wildman–Crippen MR) is 104 cm³/mol. The van der Waals surface area contributed by atoms with Gasteiger partial charge >= 0.3 is 6.09 Å². The first-order chi connectivity index (χ1) is 12.7. The lowest BCUT2D eigenvalue weighted by Crippen LogP contribution is -2.51. The molecule has 2 amide bonds. The van der Waals surface area contributed by atoms with E-state index in [0.29, 0.717) is 11.4 Å². The molecule has 0 unspecified atom stereocenters. The largest absolute Gasteiger partial charge is 0.419 e. The summed E-state index contributed by atoms with van der Waals surface area (Å²) in [5, 5.41) is 0. The summed E-state index contributed by atoms with van der Waals surface area (Å²) in [7, 11) is 0. The van der Waals surface area contributed by atoms with Gasteiger partial charge in [0.2, 0.25) is 5.91 Å². The summed E-state index contributed by atoms with van der Waals surface area (Å²) in [6.07, 6.45) is 2.11. The number of fused-ring (bicyclic) bond motifs is 1. The molecule has 144 valence electrons. The quantitative estimate of drug-likeness (QED) is 0.486. The fraction of sp³-hybridized carbons (Fsp3) is 0.263. The molecule has 5 nitrogen and oxygen atoms in total. The van der Waals surface area contributed by atoms with Crippen LogP contribution in [-0.4, -0.2) is 31.3 Å². The molecule has 0 saturated carbocycles. The molecule has 27 heavy (non-hydrogen) atoms. The third-order valence-corrected chi connectivity index (χ3v) is 4.35. The van der Waals surface area contributed by atoms with Crippen molar-refractivity contribution in [3.63, 3.8) is 0 Å². The Morgan fingerprint density at radius 1 is 1.37 bits per heavy atom. The molecule has 1 aliphatic heterocycles. The number of allylic oxidation sites excluding steroid dienone is 4. The molecule has 0 N–H and O–H groups in total. The van der Waals surface area contributed by atoms with Crippen LogP contribution in [0.4, 0.5) is 25.0 Å². The summed E-state index contributed by atoms with van der Waals surface area (Å²) >= 11 is 3.36. The van der Waals surface area contributed by atoms with Crippen LogP contribution in [0.5, 0.6) is 0 Å². The minimum absolute atomic E-state index is 0.0967. The smallest absolute Gasteiger partial charge is 0.411 e. The third kappa shape index (κ3) is 5.03. The van der Waals surface area contributed by atoms with Crippen LogP contribution in [0.3, 0.4) is 0 Å². The number of halogens is 3. The summed E-state index contributed by atoms with van der Waals surface area (Å²) < 4.78 is 31.1. The molecular formula is C19H19BrF2N2O3. The molecule has 1 heterocycles. The predicted octanol–water partition coefficient (Wildman–Crippen LogP) is 5.04. The fourth-order valence-electron chi connectivity index (χ4n) is 2.77. The van der Waals surface area contributed by atoms with Gasteiger partial charge in [0.05, 0.1) is 17.4 Å². The van der Waals surface area contributed by atoms with Crippen LogP contribution < -0.4 is 9.80 Å². The maximum absolute atomic E-state index is 13.2. The van der Waals surface area contributed by atoms with Crippen molar-refractivity contribution >= 4 is 39.3 Å². The average Bonchev–Trinajstić information content (AvgIpc) is 2.59. The van der Waals surface area contributed by atoms with Crippen LogP contribution in [0.1, 0.15) is 13.8 Å². The molecule has 1 atom stereocenters. The highest BCUT2D eigenvalue weighted by molar-refractivity contribution is 9.10. The third-order valence-electron chi connectivity index (χ3n) is 3.85. The van der Waals surface area contributed by atoms with Crippen LogP contribution >= 0.6 is 15.9 Å². The summed E-state index contributed by atoms with van der Waals surface area (Å²) in [6, 6.07) is 4.96. The zero-order valence-electron chi connectivity index (χ0n) is 14.9.